The van der Waals surface area contributed by atoms with Crippen LogP contribution in [0.3, 0.4) is 0 Å². The van der Waals surface area contributed by atoms with Gasteiger partial charge in [0.2, 0.25) is 0 Å². The molecule has 1 aliphatic rings. The molecule has 11 nitrogen and oxygen atoms in total. The molecule has 3 amide bonds. The number of carbonyl (C=O) groups excluding carboxylic acids is 3. The molecule has 0 fully saturated rings. The van der Waals surface area contributed by atoms with Gasteiger partial charge in [-0.3, -0.25) is 4.79 Å². The van der Waals surface area contributed by atoms with Gasteiger partial charge in [0, 0.05) is 34.4 Å². The molecule has 2 aromatic carbocycles. The number of allylic oxidation sites excluding steroid dienone is 2. The van der Waals surface area contributed by atoms with Gasteiger partial charge in [-0.25, -0.2) is 15.0 Å². The van der Waals surface area contributed by atoms with Gasteiger partial charge >= 0.3 is 12.0 Å². The summed E-state index contributed by atoms with van der Waals surface area (Å²) < 4.78 is 18.1. The zero-order valence-electron chi connectivity index (χ0n) is 22.7. The molecule has 0 unspecified atom stereocenters. The number of urea groups is 1. The van der Waals surface area contributed by atoms with Crippen LogP contribution in [0.1, 0.15) is 29.8 Å². The molecule has 2 heterocycles. The molecular weight excluding hydrogens is 514 g/mol. The molecule has 1 aromatic heterocycles. The van der Waals surface area contributed by atoms with E-state index >= 15 is 0 Å². The Morgan fingerprint density at radius 1 is 1.15 bits per heavy atom. The van der Waals surface area contributed by atoms with E-state index < -0.39 is 23.9 Å². The molecule has 0 spiro atoms. The molecule has 0 saturated heterocycles. The molecule has 11 heteroatoms. The molecule has 1 atom stereocenters. The first kappa shape index (κ1) is 28.0. The van der Waals surface area contributed by atoms with Crippen molar-refractivity contribution in [1.82, 2.24) is 20.6 Å². The lowest BCUT2D eigenvalue weighted by atomic mass is 9.95. The fourth-order valence-corrected chi connectivity index (χ4v) is 4.64. The highest BCUT2D eigenvalue weighted by molar-refractivity contribution is 6.01. The second kappa shape index (κ2) is 12.2. The Bertz CT molecular complexity index is 1540. The minimum absolute atomic E-state index is 0.262. The van der Waals surface area contributed by atoms with E-state index in [4.69, 9.17) is 14.2 Å². The molecular formula is C29H31N5O6. The Kier molecular flexibility index (Phi) is 8.53. The second-order valence-corrected chi connectivity index (χ2v) is 8.97. The van der Waals surface area contributed by atoms with Gasteiger partial charge in [-0.2, -0.15) is 5.10 Å². The largest absolute Gasteiger partial charge is 0.493 e. The number of hydrogen-bond acceptors (Lipinski definition) is 7. The quantitative estimate of drug-likeness (QED) is 0.155. The van der Waals surface area contributed by atoms with Gasteiger partial charge in [-0.1, -0.05) is 30.3 Å². The third-order valence-electron chi connectivity index (χ3n) is 6.53. The first-order valence-corrected chi connectivity index (χ1v) is 12.5. The number of nitrogens with one attached hydrogen (secondary N) is 3. The molecule has 4 rings (SSSR count). The monoisotopic (exact) mass is 545 g/mol. The van der Waals surface area contributed by atoms with Crippen molar-refractivity contribution in [3.63, 3.8) is 0 Å². The Hall–Kier alpha value is -5.06. The van der Waals surface area contributed by atoms with Crippen molar-refractivity contribution in [2.75, 3.05) is 20.8 Å². The van der Waals surface area contributed by atoms with Crippen molar-refractivity contribution in [1.29, 1.82) is 0 Å². The normalized spacial score (nSPS) is 15.0. The maximum Gasteiger partial charge on any atom is 0.337 e. The first-order valence-electron chi connectivity index (χ1n) is 12.5. The zero-order valence-corrected chi connectivity index (χ0v) is 22.7. The van der Waals surface area contributed by atoms with Gasteiger partial charge < -0.3 is 29.4 Å². The maximum absolute atomic E-state index is 12.5. The van der Waals surface area contributed by atoms with Crippen molar-refractivity contribution >= 4 is 35.0 Å². The number of nitrogens with zero attached hydrogens (tertiary/aromatic N) is 2. The van der Waals surface area contributed by atoms with Crippen LogP contribution in [-0.2, 0) is 20.9 Å². The molecule has 40 heavy (non-hydrogen) atoms. The second-order valence-electron chi connectivity index (χ2n) is 8.97. The van der Waals surface area contributed by atoms with E-state index in [1.165, 1.54) is 14.2 Å². The fraction of sp³-hybridized carbons (Fsp3) is 0.241. The molecule has 0 aliphatic carbocycles. The zero-order chi connectivity index (χ0) is 28.8. The summed E-state index contributed by atoms with van der Waals surface area (Å²) in [6, 6.07) is 11.6. The van der Waals surface area contributed by atoms with Crippen molar-refractivity contribution in [2.24, 2.45) is 5.10 Å². The van der Waals surface area contributed by atoms with Crippen LogP contribution >= 0.6 is 0 Å². The summed E-state index contributed by atoms with van der Waals surface area (Å²) in [4.78, 5) is 36.9. The van der Waals surface area contributed by atoms with Gasteiger partial charge in [0.15, 0.2) is 18.1 Å². The minimum atomic E-state index is -0.761. The molecule has 3 N–H and O–H groups in total. The number of amides is 3. The van der Waals surface area contributed by atoms with E-state index in [1.54, 1.807) is 31.3 Å². The SMILES string of the molecule is C=CCn1c(C)c(/C=N\NC(=O)COc2ccc([C@H]3NC(=O)NC(C)=C3C(=O)OC)cc2OC)c2ccccc21. The van der Waals surface area contributed by atoms with Crippen LogP contribution in [-0.4, -0.2) is 49.5 Å². The van der Waals surface area contributed by atoms with Gasteiger partial charge in [0.05, 0.1) is 32.0 Å². The number of hydrazone groups is 1. The fourth-order valence-electron chi connectivity index (χ4n) is 4.64. The van der Waals surface area contributed by atoms with Crippen LogP contribution in [0.2, 0.25) is 0 Å². The Balaban J connectivity index is 1.45. The molecule has 3 aromatic rings. The highest BCUT2D eigenvalue weighted by Crippen LogP contribution is 2.34. The van der Waals surface area contributed by atoms with Crippen molar-refractivity contribution in [2.45, 2.75) is 26.4 Å². The van der Waals surface area contributed by atoms with Gasteiger partial charge in [-0.05, 0) is 37.6 Å². The van der Waals surface area contributed by atoms with Gasteiger partial charge in [0.1, 0.15) is 0 Å². The predicted molar refractivity (Wildman–Crippen MR) is 150 cm³/mol. The Morgan fingerprint density at radius 3 is 2.65 bits per heavy atom. The van der Waals surface area contributed by atoms with E-state index in [9.17, 15) is 14.4 Å². The number of rotatable bonds is 10. The standard InChI is InChI=1S/C29H31N5O6/c1-6-13-34-18(3)21(20-9-7-8-10-22(20)34)15-30-33-25(35)16-40-23-12-11-19(14-24(23)38-4)27-26(28(36)39-5)17(2)31-29(37)32-27/h6-12,14-15,27H,1,13,16H2,2-5H3,(H,33,35)(H2,31,32,37)/b30-15-/t27-/m1/s1. The van der Waals surface area contributed by atoms with Crippen LogP contribution in [0.15, 0.2) is 71.5 Å². The van der Waals surface area contributed by atoms with Gasteiger partial charge in [-0.15, -0.1) is 6.58 Å². The molecule has 0 radical (unpaired) electrons. The van der Waals surface area contributed by atoms with Crippen LogP contribution in [0, 0.1) is 6.92 Å². The van der Waals surface area contributed by atoms with Crippen molar-refractivity contribution in [3.8, 4) is 11.5 Å². The number of benzene rings is 2. The number of esters is 1. The average molecular weight is 546 g/mol. The number of carbonyl (C=O) groups is 3. The number of methoxy groups -OCH3 is 2. The summed E-state index contributed by atoms with van der Waals surface area (Å²) in [5.41, 5.74) is 6.67. The lowest BCUT2D eigenvalue weighted by molar-refractivity contribution is -0.136. The number of ether oxygens (including phenoxy) is 3. The van der Waals surface area contributed by atoms with E-state index in [0.29, 0.717) is 29.3 Å². The summed E-state index contributed by atoms with van der Waals surface area (Å²) in [6.07, 6.45) is 3.45. The summed E-state index contributed by atoms with van der Waals surface area (Å²) in [7, 11) is 2.72. The maximum atomic E-state index is 12.5. The molecule has 1 aliphatic heterocycles. The number of hydrogen-bond donors (Lipinski definition) is 3. The van der Waals surface area contributed by atoms with Crippen LogP contribution < -0.4 is 25.5 Å². The summed E-state index contributed by atoms with van der Waals surface area (Å²) >= 11 is 0. The van der Waals surface area contributed by atoms with Crippen molar-refractivity contribution in [3.05, 3.63) is 83.2 Å². The van der Waals surface area contributed by atoms with Crippen LogP contribution in [0.4, 0.5) is 4.79 Å². The third-order valence-corrected chi connectivity index (χ3v) is 6.53. The number of fused-ring (bicyclic) bond motifs is 1. The summed E-state index contributed by atoms with van der Waals surface area (Å²) in [6.45, 7) is 7.78. The van der Waals surface area contributed by atoms with E-state index in [0.717, 1.165) is 22.2 Å². The number of para-hydroxylation sites is 1. The highest BCUT2D eigenvalue weighted by Gasteiger charge is 2.32. The Morgan fingerprint density at radius 2 is 1.93 bits per heavy atom. The Labute approximate surface area is 231 Å². The minimum Gasteiger partial charge on any atom is -0.493 e. The summed E-state index contributed by atoms with van der Waals surface area (Å²) in [5, 5.41) is 10.4. The highest BCUT2D eigenvalue weighted by atomic mass is 16.5. The average Bonchev–Trinajstić information content (AvgIpc) is 3.21. The van der Waals surface area contributed by atoms with Gasteiger partial charge in [0.25, 0.3) is 5.91 Å². The molecule has 208 valence electrons. The van der Waals surface area contributed by atoms with E-state index in [-0.39, 0.29) is 12.2 Å². The lowest BCUT2D eigenvalue weighted by Gasteiger charge is -2.28. The van der Waals surface area contributed by atoms with Crippen LogP contribution in [0.5, 0.6) is 11.5 Å². The predicted octanol–water partition coefficient (Wildman–Crippen LogP) is 3.47. The smallest absolute Gasteiger partial charge is 0.337 e. The topological polar surface area (TPSA) is 132 Å². The first-order chi connectivity index (χ1) is 19.3. The lowest BCUT2D eigenvalue weighted by Crippen LogP contribution is -2.45. The van der Waals surface area contributed by atoms with Crippen molar-refractivity contribution < 1.29 is 28.6 Å². The summed E-state index contributed by atoms with van der Waals surface area (Å²) in [5.74, 6) is -0.428. The van der Waals surface area contributed by atoms with Crippen LogP contribution in [0.25, 0.3) is 10.9 Å². The van der Waals surface area contributed by atoms with E-state index in [2.05, 4.69) is 32.3 Å². The molecule has 0 saturated carbocycles. The molecule has 0 bridgehead atoms. The van der Waals surface area contributed by atoms with E-state index in [1.807, 2.05) is 37.3 Å². The number of aromatic nitrogens is 1. The third kappa shape index (κ3) is 5.68.